The van der Waals surface area contributed by atoms with E-state index in [0.717, 1.165) is 0 Å². The zero-order valence-electron chi connectivity index (χ0n) is 10.1. The Kier molecular flexibility index (Phi) is 5.44. The van der Waals surface area contributed by atoms with Crippen LogP contribution in [0.5, 0.6) is 0 Å². The van der Waals surface area contributed by atoms with Crippen LogP contribution in [0.1, 0.15) is 26.7 Å². The molecule has 17 heavy (non-hydrogen) atoms. The second-order valence-electron chi connectivity index (χ2n) is 3.77. The average Bonchev–Trinajstić information content (AvgIpc) is 2.34. The van der Waals surface area contributed by atoms with Gasteiger partial charge in [0.15, 0.2) is 0 Å². The van der Waals surface area contributed by atoms with Gasteiger partial charge >= 0.3 is 0 Å². The van der Waals surface area contributed by atoms with Crippen molar-refractivity contribution in [3.63, 3.8) is 0 Å². The molecule has 0 bridgehead atoms. The molecule has 0 aliphatic carbocycles. The van der Waals surface area contributed by atoms with Gasteiger partial charge in [-0.1, -0.05) is 18.5 Å². The van der Waals surface area contributed by atoms with Crippen LogP contribution in [0.3, 0.4) is 0 Å². The van der Waals surface area contributed by atoms with E-state index in [1.54, 1.807) is 0 Å². The summed E-state index contributed by atoms with van der Waals surface area (Å²) in [5.41, 5.74) is 0.222. The maximum absolute atomic E-state index is 11.7. The topological polar surface area (TPSA) is 67.2 Å². The predicted octanol–water partition coefficient (Wildman–Crippen LogP) is 1.49. The van der Waals surface area contributed by atoms with E-state index in [0.29, 0.717) is 31.6 Å². The number of aliphatic hydroxyl groups is 1. The van der Waals surface area contributed by atoms with Gasteiger partial charge in [-0.3, -0.25) is 4.79 Å². The molecule has 6 heteroatoms. The van der Waals surface area contributed by atoms with E-state index in [2.05, 4.69) is 10.4 Å². The molecule has 1 atom stereocenters. The van der Waals surface area contributed by atoms with Crippen LogP contribution in [0.4, 0.5) is 5.69 Å². The summed E-state index contributed by atoms with van der Waals surface area (Å²) in [6, 6.07) is 0. The summed E-state index contributed by atoms with van der Waals surface area (Å²) in [7, 11) is 0. The van der Waals surface area contributed by atoms with Crippen LogP contribution in [-0.2, 0) is 6.54 Å². The Bertz CT molecular complexity index is 420. The number of hydrogen-bond acceptors (Lipinski definition) is 4. The highest BCUT2D eigenvalue weighted by atomic mass is 35.5. The van der Waals surface area contributed by atoms with Gasteiger partial charge in [-0.05, 0) is 19.8 Å². The largest absolute Gasteiger partial charge is 0.393 e. The number of aliphatic hydroxyl groups excluding tert-OH is 1. The maximum atomic E-state index is 11.7. The zero-order chi connectivity index (χ0) is 12.8. The lowest BCUT2D eigenvalue weighted by molar-refractivity contribution is 0.164. The Labute approximate surface area is 105 Å². The van der Waals surface area contributed by atoms with E-state index in [1.165, 1.54) is 10.9 Å². The highest BCUT2D eigenvalue weighted by Crippen LogP contribution is 2.15. The predicted molar refractivity (Wildman–Crippen MR) is 68.6 cm³/mol. The first-order valence-corrected chi connectivity index (χ1v) is 6.15. The van der Waals surface area contributed by atoms with Crippen LogP contribution < -0.4 is 10.9 Å². The van der Waals surface area contributed by atoms with Gasteiger partial charge in [-0.15, -0.1) is 0 Å². The number of rotatable bonds is 6. The first-order chi connectivity index (χ1) is 8.10. The minimum Gasteiger partial charge on any atom is -0.393 e. The molecule has 1 unspecified atom stereocenters. The standard InChI is InChI=1S/C11H18ClN3O2/c1-3-8(16)5-6-13-9-7-14-15(4-2)11(17)10(9)12/h7-8,13,16H,3-6H2,1-2H3. The summed E-state index contributed by atoms with van der Waals surface area (Å²) in [5.74, 6) is 0. The molecule has 1 aromatic heterocycles. The smallest absolute Gasteiger partial charge is 0.287 e. The summed E-state index contributed by atoms with van der Waals surface area (Å²) in [5, 5.41) is 16.5. The van der Waals surface area contributed by atoms with Gasteiger partial charge in [0.05, 0.1) is 18.0 Å². The van der Waals surface area contributed by atoms with Crippen LogP contribution in [0.25, 0.3) is 0 Å². The highest BCUT2D eigenvalue weighted by Gasteiger charge is 2.08. The lowest BCUT2D eigenvalue weighted by Crippen LogP contribution is -2.24. The van der Waals surface area contributed by atoms with Gasteiger partial charge in [0.2, 0.25) is 0 Å². The molecule has 0 aromatic carbocycles. The summed E-state index contributed by atoms with van der Waals surface area (Å²) in [4.78, 5) is 11.7. The average molecular weight is 260 g/mol. The van der Waals surface area contributed by atoms with Crippen LogP contribution in [0.2, 0.25) is 5.02 Å². The van der Waals surface area contributed by atoms with E-state index in [9.17, 15) is 9.90 Å². The van der Waals surface area contributed by atoms with Crippen molar-refractivity contribution in [1.29, 1.82) is 0 Å². The van der Waals surface area contributed by atoms with Crippen molar-refractivity contribution in [2.45, 2.75) is 39.3 Å². The fourth-order valence-corrected chi connectivity index (χ4v) is 1.60. The van der Waals surface area contributed by atoms with Crippen molar-refractivity contribution in [2.75, 3.05) is 11.9 Å². The van der Waals surface area contributed by atoms with Crippen molar-refractivity contribution in [1.82, 2.24) is 9.78 Å². The molecule has 0 spiro atoms. The minimum absolute atomic E-state index is 0.146. The van der Waals surface area contributed by atoms with Gasteiger partial charge in [0.1, 0.15) is 5.02 Å². The second-order valence-corrected chi connectivity index (χ2v) is 4.15. The third-order valence-electron chi connectivity index (χ3n) is 2.55. The molecule has 5 nitrogen and oxygen atoms in total. The molecular weight excluding hydrogens is 242 g/mol. The fraction of sp³-hybridized carbons (Fsp3) is 0.636. The van der Waals surface area contributed by atoms with Gasteiger partial charge in [0.25, 0.3) is 5.56 Å². The Hall–Kier alpha value is -1.07. The van der Waals surface area contributed by atoms with Gasteiger partial charge in [0, 0.05) is 13.1 Å². The number of aromatic nitrogens is 2. The van der Waals surface area contributed by atoms with Gasteiger partial charge in [-0.2, -0.15) is 5.10 Å². The third kappa shape index (κ3) is 3.71. The lowest BCUT2D eigenvalue weighted by atomic mass is 10.2. The minimum atomic E-state index is -0.328. The van der Waals surface area contributed by atoms with E-state index >= 15 is 0 Å². The molecule has 0 saturated carbocycles. The molecule has 1 aromatic rings. The number of nitrogens with one attached hydrogen (secondary N) is 1. The number of hydrogen-bond donors (Lipinski definition) is 2. The van der Waals surface area contributed by atoms with Crippen LogP contribution >= 0.6 is 11.6 Å². The monoisotopic (exact) mass is 259 g/mol. The van der Waals surface area contributed by atoms with E-state index in [4.69, 9.17) is 11.6 Å². The Morgan fingerprint density at radius 1 is 1.59 bits per heavy atom. The van der Waals surface area contributed by atoms with Crippen LogP contribution in [-0.4, -0.2) is 27.5 Å². The van der Waals surface area contributed by atoms with Crippen molar-refractivity contribution in [3.05, 3.63) is 21.6 Å². The van der Waals surface area contributed by atoms with Crippen molar-refractivity contribution in [3.8, 4) is 0 Å². The molecular formula is C11H18ClN3O2. The molecule has 0 aliphatic heterocycles. The molecule has 0 saturated heterocycles. The van der Waals surface area contributed by atoms with Crippen molar-refractivity contribution >= 4 is 17.3 Å². The summed E-state index contributed by atoms with van der Waals surface area (Å²) >= 11 is 5.93. The maximum Gasteiger partial charge on any atom is 0.287 e. The Morgan fingerprint density at radius 2 is 2.29 bits per heavy atom. The number of anilines is 1. The summed E-state index contributed by atoms with van der Waals surface area (Å²) < 4.78 is 1.30. The summed E-state index contributed by atoms with van der Waals surface area (Å²) in [6.07, 6.45) is 2.53. The SMILES string of the molecule is CCC(O)CCNc1cnn(CC)c(=O)c1Cl. The van der Waals surface area contributed by atoms with Gasteiger partial charge < -0.3 is 10.4 Å². The number of aryl methyl sites for hydroxylation is 1. The second kappa shape index (κ2) is 6.61. The fourth-order valence-electron chi connectivity index (χ4n) is 1.39. The van der Waals surface area contributed by atoms with E-state index < -0.39 is 0 Å². The molecule has 0 aliphatic rings. The van der Waals surface area contributed by atoms with E-state index in [-0.39, 0.29) is 16.7 Å². The Morgan fingerprint density at radius 3 is 2.88 bits per heavy atom. The number of halogens is 1. The molecule has 0 fully saturated rings. The quantitative estimate of drug-likeness (QED) is 0.812. The number of nitrogens with zero attached hydrogens (tertiary/aromatic N) is 2. The van der Waals surface area contributed by atoms with E-state index in [1.807, 2.05) is 13.8 Å². The summed E-state index contributed by atoms with van der Waals surface area (Å²) in [6.45, 7) is 4.80. The Balaban J connectivity index is 2.67. The lowest BCUT2D eigenvalue weighted by Gasteiger charge is -2.11. The molecule has 0 radical (unpaired) electrons. The third-order valence-corrected chi connectivity index (χ3v) is 2.91. The molecule has 96 valence electrons. The first-order valence-electron chi connectivity index (χ1n) is 5.77. The molecule has 0 amide bonds. The van der Waals surface area contributed by atoms with Crippen LogP contribution in [0, 0.1) is 0 Å². The van der Waals surface area contributed by atoms with Crippen molar-refractivity contribution in [2.24, 2.45) is 0 Å². The molecule has 1 rings (SSSR count). The molecule has 2 N–H and O–H groups in total. The highest BCUT2D eigenvalue weighted by molar-refractivity contribution is 6.32. The molecule has 1 heterocycles. The zero-order valence-corrected chi connectivity index (χ0v) is 10.9. The first kappa shape index (κ1) is 14.0. The van der Waals surface area contributed by atoms with Gasteiger partial charge in [-0.25, -0.2) is 4.68 Å². The van der Waals surface area contributed by atoms with Crippen LogP contribution in [0.15, 0.2) is 11.0 Å². The normalized spacial score (nSPS) is 12.5. The van der Waals surface area contributed by atoms with Crippen molar-refractivity contribution < 1.29 is 5.11 Å².